The Morgan fingerprint density at radius 2 is 1.79 bits per heavy atom. The highest BCUT2D eigenvalue weighted by atomic mass is 16.5. The summed E-state index contributed by atoms with van der Waals surface area (Å²) in [7, 11) is 0. The molecule has 0 spiro atoms. The van der Waals surface area contributed by atoms with E-state index in [2.05, 4.69) is 15.3 Å². The zero-order valence-electron chi connectivity index (χ0n) is 18.9. The van der Waals surface area contributed by atoms with Crippen LogP contribution >= 0.6 is 0 Å². The molecule has 4 aromatic rings. The highest BCUT2D eigenvalue weighted by Gasteiger charge is 2.22. The van der Waals surface area contributed by atoms with Crippen molar-refractivity contribution >= 4 is 5.97 Å². The molecule has 0 unspecified atom stereocenters. The van der Waals surface area contributed by atoms with Crippen molar-refractivity contribution in [2.75, 3.05) is 13.2 Å². The lowest BCUT2D eigenvalue weighted by atomic mass is 10.1. The van der Waals surface area contributed by atoms with Crippen molar-refractivity contribution in [1.82, 2.24) is 20.0 Å². The van der Waals surface area contributed by atoms with Crippen LogP contribution in [-0.2, 0) is 17.6 Å². The van der Waals surface area contributed by atoms with Crippen LogP contribution < -0.4 is 4.74 Å². The Bertz CT molecular complexity index is 1210. The normalized spacial score (nSPS) is 10.9. The summed E-state index contributed by atoms with van der Waals surface area (Å²) in [6.45, 7) is 6.30. The first-order valence-electron chi connectivity index (χ1n) is 10.9. The molecule has 33 heavy (non-hydrogen) atoms. The summed E-state index contributed by atoms with van der Waals surface area (Å²) < 4.78 is 18.1. The average Bonchev–Trinajstić information content (AvgIpc) is 3.38. The number of carbonyl (C=O) groups is 1. The molecule has 4 rings (SSSR count). The molecule has 8 nitrogen and oxygen atoms in total. The van der Waals surface area contributed by atoms with Crippen molar-refractivity contribution in [1.29, 1.82) is 0 Å². The lowest BCUT2D eigenvalue weighted by Crippen LogP contribution is -2.14. The maximum absolute atomic E-state index is 12.7. The Morgan fingerprint density at radius 1 is 1.03 bits per heavy atom. The van der Waals surface area contributed by atoms with Crippen LogP contribution in [0, 0.1) is 13.8 Å². The molecular weight excluding hydrogens is 420 g/mol. The molecule has 0 aliphatic carbocycles. The smallest absolute Gasteiger partial charge is 0.359 e. The fraction of sp³-hybridized carbons (Fsp3) is 0.280. The number of esters is 1. The quantitative estimate of drug-likeness (QED) is 0.355. The highest BCUT2D eigenvalue weighted by Crippen LogP contribution is 2.20. The van der Waals surface area contributed by atoms with Gasteiger partial charge in [-0.1, -0.05) is 35.5 Å². The third-order valence-corrected chi connectivity index (χ3v) is 5.11. The number of hydrogen-bond acceptors (Lipinski definition) is 7. The number of oxazole rings is 1. The zero-order valence-corrected chi connectivity index (χ0v) is 18.9. The number of aryl methyl sites for hydroxylation is 2. The van der Waals surface area contributed by atoms with Crippen LogP contribution in [0.5, 0.6) is 5.75 Å². The Hall–Kier alpha value is -3.94. The molecule has 0 saturated carbocycles. The van der Waals surface area contributed by atoms with Crippen LogP contribution in [0.3, 0.4) is 0 Å². The molecule has 0 saturated heterocycles. The molecule has 0 bridgehead atoms. The lowest BCUT2D eigenvalue weighted by molar-refractivity contribution is 0.0514. The highest BCUT2D eigenvalue weighted by molar-refractivity contribution is 5.89. The van der Waals surface area contributed by atoms with E-state index in [9.17, 15) is 4.79 Å². The first kappa shape index (κ1) is 22.3. The van der Waals surface area contributed by atoms with E-state index in [1.54, 1.807) is 6.92 Å². The van der Waals surface area contributed by atoms with Crippen molar-refractivity contribution in [3.8, 4) is 11.4 Å². The van der Waals surface area contributed by atoms with Crippen LogP contribution in [0.25, 0.3) is 5.69 Å². The Morgan fingerprint density at radius 3 is 2.45 bits per heavy atom. The van der Waals surface area contributed by atoms with Crippen molar-refractivity contribution in [3.63, 3.8) is 0 Å². The Balaban J connectivity index is 1.45. The second-order valence-corrected chi connectivity index (χ2v) is 7.51. The minimum atomic E-state index is -0.445. The summed E-state index contributed by atoms with van der Waals surface area (Å²) in [6, 6.07) is 17.1. The van der Waals surface area contributed by atoms with Crippen molar-refractivity contribution in [2.45, 2.75) is 33.6 Å². The number of rotatable bonds is 9. The molecule has 0 fully saturated rings. The molecule has 2 aromatic carbocycles. The minimum Gasteiger partial charge on any atom is -0.493 e. The van der Waals surface area contributed by atoms with E-state index in [1.165, 1.54) is 4.68 Å². The molecule has 8 heteroatoms. The van der Waals surface area contributed by atoms with Gasteiger partial charge in [0.2, 0.25) is 0 Å². The fourth-order valence-electron chi connectivity index (χ4n) is 3.55. The van der Waals surface area contributed by atoms with E-state index in [4.69, 9.17) is 13.9 Å². The van der Waals surface area contributed by atoms with E-state index in [1.807, 2.05) is 68.4 Å². The number of nitrogens with zero attached hydrogens (tertiary/aromatic N) is 4. The number of para-hydroxylation sites is 1. The van der Waals surface area contributed by atoms with Crippen molar-refractivity contribution in [3.05, 3.63) is 88.9 Å². The molecule has 2 aromatic heterocycles. The van der Waals surface area contributed by atoms with Gasteiger partial charge >= 0.3 is 5.97 Å². The zero-order chi connectivity index (χ0) is 23.2. The Labute approximate surface area is 192 Å². The van der Waals surface area contributed by atoms with Crippen LogP contribution in [-0.4, -0.2) is 39.2 Å². The maximum atomic E-state index is 12.7. The molecule has 0 atom stereocenters. The first-order valence-corrected chi connectivity index (χ1v) is 10.9. The molecule has 170 valence electrons. The van der Waals surface area contributed by atoms with Gasteiger partial charge in [-0.05, 0) is 43.7 Å². The van der Waals surface area contributed by atoms with Crippen LogP contribution in [0.1, 0.15) is 46.0 Å². The lowest BCUT2D eigenvalue weighted by Gasteiger charge is -2.08. The third kappa shape index (κ3) is 5.28. The van der Waals surface area contributed by atoms with Crippen molar-refractivity contribution in [2.24, 2.45) is 0 Å². The van der Waals surface area contributed by atoms with Gasteiger partial charge in [-0.3, -0.25) is 0 Å². The van der Waals surface area contributed by atoms with Crippen LogP contribution in [0.4, 0.5) is 0 Å². The largest absolute Gasteiger partial charge is 0.493 e. The fourth-order valence-corrected chi connectivity index (χ4v) is 3.55. The predicted octanol–water partition coefficient (Wildman–Crippen LogP) is 4.26. The molecule has 0 aliphatic rings. The van der Waals surface area contributed by atoms with E-state index < -0.39 is 5.97 Å². The Kier molecular flexibility index (Phi) is 6.83. The summed E-state index contributed by atoms with van der Waals surface area (Å²) in [5, 5.41) is 8.48. The van der Waals surface area contributed by atoms with E-state index in [0.717, 1.165) is 28.5 Å². The summed E-state index contributed by atoms with van der Waals surface area (Å²) >= 11 is 0. The van der Waals surface area contributed by atoms with E-state index in [-0.39, 0.29) is 6.61 Å². The monoisotopic (exact) mass is 446 g/mol. The van der Waals surface area contributed by atoms with Crippen LogP contribution in [0.15, 0.2) is 59.0 Å². The number of ether oxygens (including phenoxy) is 2. The van der Waals surface area contributed by atoms with E-state index in [0.29, 0.717) is 36.7 Å². The summed E-state index contributed by atoms with van der Waals surface area (Å²) in [4.78, 5) is 17.0. The number of aromatic nitrogens is 4. The second kappa shape index (κ2) is 10.1. The van der Waals surface area contributed by atoms with Gasteiger partial charge in [0.1, 0.15) is 17.2 Å². The standard InChI is InChI=1S/C25H26N4O4/c1-4-31-25(30)24-23(27-28-29(24)20-8-6-5-7-9-20)16-19-10-12-21(13-11-19)32-15-14-22-17(2)33-18(3)26-22/h5-13H,4,14-16H2,1-3H3. The van der Waals surface area contributed by atoms with Crippen LogP contribution in [0.2, 0.25) is 0 Å². The minimum absolute atomic E-state index is 0.276. The van der Waals surface area contributed by atoms with E-state index >= 15 is 0 Å². The molecule has 0 aliphatic heterocycles. The second-order valence-electron chi connectivity index (χ2n) is 7.51. The van der Waals surface area contributed by atoms with Gasteiger partial charge in [0.25, 0.3) is 0 Å². The number of hydrogen-bond donors (Lipinski definition) is 0. The number of carbonyl (C=O) groups excluding carboxylic acids is 1. The summed E-state index contributed by atoms with van der Waals surface area (Å²) in [6.07, 6.45) is 1.12. The molecular formula is C25H26N4O4. The van der Waals surface area contributed by atoms with Gasteiger partial charge in [-0.15, -0.1) is 5.10 Å². The van der Waals surface area contributed by atoms with Gasteiger partial charge in [0, 0.05) is 19.8 Å². The molecule has 0 radical (unpaired) electrons. The average molecular weight is 447 g/mol. The SMILES string of the molecule is CCOC(=O)c1c(Cc2ccc(OCCc3nc(C)oc3C)cc2)nnn1-c1ccccc1. The van der Waals surface area contributed by atoms with Gasteiger partial charge in [0.15, 0.2) is 11.6 Å². The molecule has 0 amide bonds. The van der Waals surface area contributed by atoms with Gasteiger partial charge in [-0.25, -0.2) is 14.5 Å². The first-order chi connectivity index (χ1) is 16.0. The van der Waals surface area contributed by atoms with Gasteiger partial charge in [0.05, 0.1) is 24.6 Å². The molecule has 0 N–H and O–H groups in total. The van der Waals surface area contributed by atoms with Gasteiger partial charge < -0.3 is 13.9 Å². The maximum Gasteiger partial charge on any atom is 0.359 e. The van der Waals surface area contributed by atoms with Crippen molar-refractivity contribution < 1.29 is 18.7 Å². The molecule has 2 heterocycles. The third-order valence-electron chi connectivity index (χ3n) is 5.11. The summed E-state index contributed by atoms with van der Waals surface area (Å²) in [5.74, 6) is 1.81. The summed E-state index contributed by atoms with van der Waals surface area (Å²) in [5.41, 5.74) is 3.54. The van der Waals surface area contributed by atoms with Gasteiger partial charge in [-0.2, -0.15) is 0 Å². The topological polar surface area (TPSA) is 92.3 Å². The number of benzene rings is 2. The predicted molar refractivity (Wildman–Crippen MR) is 122 cm³/mol.